The third kappa shape index (κ3) is 2.90. The molecule has 2 aliphatic rings. The average Bonchev–Trinajstić information content (AvgIpc) is 3.10. The molecule has 0 spiro atoms. The van der Waals surface area contributed by atoms with Crippen molar-refractivity contribution in [1.29, 1.82) is 0 Å². The number of carbonyl (C=O) groups excluding carboxylic acids is 1. The maximum absolute atomic E-state index is 13.5. The number of nitrogens with zero attached hydrogens (tertiary/aromatic N) is 1. The Balaban J connectivity index is 1.71. The number of hydrogen-bond acceptors (Lipinski definition) is 3. The summed E-state index contributed by atoms with van der Waals surface area (Å²) in [5.74, 6) is -0.135. The number of nitrogens with one attached hydrogen (secondary N) is 1. The van der Waals surface area contributed by atoms with Gasteiger partial charge in [0.1, 0.15) is 5.41 Å². The Morgan fingerprint density at radius 3 is 2.70 bits per heavy atom. The number of para-hydroxylation sites is 1. The van der Waals surface area contributed by atoms with E-state index in [4.69, 9.17) is 4.74 Å². The predicted octanol–water partition coefficient (Wildman–Crippen LogP) is 4.75. The lowest BCUT2D eigenvalue weighted by Crippen LogP contribution is -2.55. The van der Waals surface area contributed by atoms with Gasteiger partial charge in [-0.25, -0.2) is 0 Å². The molecule has 30 heavy (non-hydrogen) atoms. The maximum Gasteiger partial charge on any atom is 0.319 e. The maximum atomic E-state index is 13.5. The summed E-state index contributed by atoms with van der Waals surface area (Å²) in [6.45, 7) is 3.89. The second-order valence-corrected chi connectivity index (χ2v) is 8.65. The van der Waals surface area contributed by atoms with E-state index in [1.165, 1.54) is 29.2 Å². The molecule has 0 radical (unpaired) electrons. The van der Waals surface area contributed by atoms with Crippen LogP contribution in [-0.4, -0.2) is 35.5 Å². The van der Waals surface area contributed by atoms with E-state index in [0.717, 1.165) is 43.6 Å². The summed E-state index contributed by atoms with van der Waals surface area (Å²) in [4.78, 5) is 19.6. The van der Waals surface area contributed by atoms with Gasteiger partial charge in [0, 0.05) is 29.7 Å². The van der Waals surface area contributed by atoms with Crippen molar-refractivity contribution < 1.29 is 9.53 Å². The highest BCUT2D eigenvalue weighted by atomic mass is 16.5. The molecular formula is C26H28N2O2. The van der Waals surface area contributed by atoms with Gasteiger partial charge in [0.25, 0.3) is 0 Å². The molecule has 2 heterocycles. The first-order valence-corrected chi connectivity index (χ1v) is 10.8. The molecule has 4 heteroatoms. The van der Waals surface area contributed by atoms with Crippen LogP contribution in [0.4, 0.5) is 0 Å². The molecule has 4 nitrogen and oxygen atoms in total. The summed E-state index contributed by atoms with van der Waals surface area (Å²) in [5.41, 5.74) is 5.32. The molecule has 0 saturated heterocycles. The first-order valence-electron chi connectivity index (χ1n) is 10.8. The lowest BCUT2D eigenvalue weighted by Gasteiger charge is -2.44. The van der Waals surface area contributed by atoms with Gasteiger partial charge >= 0.3 is 5.97 Å². The van der Waals surface area contributed by atoms with E-state index in [2.05, 4.69) is 65.3 Å². The number of carbonyl (C=O) groups is 1. The Labute approximate surface area is 177 Å². The number of esters is 1. The number of H-pyrrole nitrogens is 1. The molecule has 0 saturated carbocycles. The van der Waals surface area contributed by atoms with E-state index in [9.17, 15) is 4.79 Å². The van der Waals surface area contributed by atoms with Gasteiger partial charge < -0.3 is 9.72 Å². The lowest BCUT2D eigenvalue weighted by molar-refractivity contribution is -0.150. The second-order valence-electron chi connectivity index (χ2n) is 8.65. The molecule has 5 rings (SSSR count). The summed E-state index contributed by atoms with van der Waals surface area (Å²) in [7, 11) is 1.52. The minimum atomic E-state index is -0.714. The van der Waals surface area contributed by atoms with E-state index in [-0.39, 0.29) is 12.0 Å². The van der Waals surface area contributed by atoms with Gasteiger partial charge in [-0.05, 0) is 43.4 Å². The number of hydrogen-bond donors (Lipinski definition) is 1. The lowest BCUT2D eigenvalue weighted by atomic mass is 9.68. The summed E-state index contributed by atoms with van der Waals surface area (Å²) in [6.07, 6.45) is 4.88. The van der Waals surface area contributed by atoms with Crippen molar-refractivity contribution in [2.45, 2.75) is 44.2 Å². The Morgan fingerprint density at radius 2 is 1.90 bits per heavy atom. The number of rotatable bonds is 3. The molecule has 2 unspecified atom stereocenters. The van der Waals surface area contributed by atoms with E-state index < -0.39 is 5.41 Å². The molecular weight excluding hydrogens is 372 g/mol. The molecule has 0 bridgehead atoms. The van der Waals surface area contributed by atoms with Gasteiger partial charge in [0.05, 0.1) is 13.2 Å². The van der Waals surface area contributed by atoms with E-state index in [0.29, 0.717) is 0 Å². The first kappa shape index (κ1) is 19.1. The van der Waals surface area contributed by atoms with Gasteiger partial charge in [-0.3, -0.25) is 9.69 Å². The van der Waals surface area contributed by atoms with E-state index in [1.807, 2.05) is 12.1 Å². The Bertz CT molecular complexity index is 1110. The zero-order chi connectivity index (χ0) is 20.7. The van der Waals surface area contributed by atoms with Crippen LogP contribution in [0.15, 0.2) is 66.2 Å². The van der Waals surface area contributed by atoms with Crippen molar-refractivity contribution in [2.75, 3.05) is 13.7 Å². The molecule has 0 amide bonds. The molecule has 1 aliphatic carbocycles. The number of aromatic nitrogens is 1. The highest BCUT2D eigenvalue weighted by Gasteiger charge is 2.54. The van der Waals surface area contributed by atoms with Crippen LogP contribution in [0.5, 0.6) is 0 Å². The molecule has 1 N–H and O–H groups in total. The average molecular weight is 401 g/mol. The van der Waals surface area contributed by atoms with Gasteiger partial charge in [0.15, 0.2) is 0 Å². The number of benzene rings is 2. The van der Waals surface area contributed by atoms with Gasteiger partial charge in [-0.1, -0.05) is 60.2 Å². The quantitative estimate of drug-likeness (QED) is 0.510. The summed E-state index contributed by atoms with van der Waals surface area (Å²) < 4.78 is 5.48. The van der Waals surface area contributed by atoms with Crippen molar-refractivity contribution >= 4 is 16.9 Å². The van der Waals surface area contributed by atoms with E-state index in [1.54, 1.807) is 0 Å². The summed E-state index contributed by atoms with van der Waals surface area (Å²) in [5, 5.41) is 1.22. The zero-order valence-electron chi connectivity index (χ0n) is 17.7. The fraction of sp³-hybridized carbons (Fsp3) is 0.346. The van der Waals surface area contributed by atoms with Gasteiger partial charge in [0.2, 0.25) is 0 Å². The molecule has 3 aromatic rings. The molecule has 154 valence electrons. The number of aromatic amines is 1. The van der Waals surface area contributed by atoms with Crippen LogP contribution >= 0.6 is 0 Å². The van der Waals surface area contributed by atoms with Crippen molar-refractivity contribution in [3.63, 3.8) is 0 Å². The van der Waals surface area contributed by atoms with E-state index >= 15 is 0 Å². The van der Waals surface area contributed by atoms with Crippen LogP contribution in [0.2, 0.25) is 0 Å². The third-order valence-electron chi connectivity index (χ3n) is 6.94. The Kier molecular flexibility index (Phi) is 4.75. The van der Waals surface area contributed by atoms with Crippen LogP contribution in [0.25, 0.3) is 10.9 Å². The van der Waals surface area contributed by atoms with Gasteiger partial charge in [-0.15, -0.1) is 0 Å². The van der Waals surface area contributed by atoms with Crippen LogP contribution in [0, 0.1) is 0 Å². The largest absolute Gasteiger partial charge is 0.468 e. The SMILES string of the molecule is COC(=O)C12CCC(C)=CC1N(Cc1ccccc1)CCc1c2[nH]c2ccccc12. The number of ether oxygens (including phenoxy) is 1. The first-order chi connectivity index (χ1) is 14.6. The molecule has 1 aromatic heterocycles. The Hall–Kier alpha value is -2.85. The van der Waals surface area contributed by atoms with Crippen molar-refractivity contribution in [3.05, 3.63) is 83.1 Å². The standard InChI is InChI=1S/C26H28N2O2/c1-18-12-14-26(25(29)30-2)23(16-18)28(17-19-8-4-3-5-9-19)15-13-21-20-10-6-7-11-22(20)27-24(21)26/h3-11,16,23,27H,12-15,17H2,1-2H3. The summed E-state index contributed by atoms with van der Waals surface area (Å²) in [6, 6.07) is 18.9. The molecule has 2 aromatic carbocycles. The minimum Gasteiger partial charge on any atom is -0.468 e. The number of fused-ring (bicyclic) bond motifs is 5. The topological polar surface area (TPSA) is 45.3 Å². The van der Waals surface area contributed by atoms with Crippen molar-refractivity contribution in [3.8, 4) is 0 Å². The number of methoxy groups -OCH3 is 1. The normalized spacial score (nSPS) is 23.9. The fourth-order valence-electron chi connectivity index (χ4n) is 5.46. The Morgan fingerprint density at radius 1 is 1.13 bits per heavy atom. The van der Waals surface area contributed by atoms with Crippen LogP contribution < -0.4 is 0 Å². The fourth-order valence-corrected chi connectivity index (χ4v) is 5.46. The van der Waals surface area contributed by atoms with Crippen LogP contribution in [0.1, 0.15) is 36.6 Å². The molecule has 1 aliphatic heterocycles. The van der Waals surface area contributed by atoms with Crippen molar-refractivity contribution in [2.24, 2.45) is 0 Å². The molecule has 2 atom stereocenters. The third-order valence-corrected chi connectivity index (χ3v) is 6.94. The minimum absolute atomic E-state index is 0.0341. The van der Waals surface area contributed by atoms with Crippen molar-refractivity contribution in [1.82, 2.24) is 9.88 Å². The molecule has 0 fully saturated rings. The van der Waals surface area contributed by atoms with Crippen LogP contribution in [-0.2, 0) is 27.9 Å². The van der Waals surface area contributed by atoms with Crippen LogP contribution in [0.3, 0.4) is 0 Å². The highest BCUT2D eigenvalue weighted by Crippen LogP contribution is 2.47. The zero-order valence-corrected chi connectivity index (χ0v) is 17.7. The predicted molar refractivity (Wildman–Crippen MR) is 119 cm³/mol. The number of allylic oxidation sites excluding steroid dienone is 1. The highest BCUT2D eigenvalue weighted by molar-refractivity contribution is 5.91. The smallest absolute Gasteiger partial charge is 0.319 e. The monoisotopic (exact) mass is 400 g/mol. The summed E-state index contributed by atoms with van der Waals surface area (Å²) >= 11 is 0. The van der Waals surface area contributed by atoms with Gasteiger partial charge in [-0.2, -0.15) is 0 Å². The second kappa shape index (κ2) is 7.44.